The van der Waals surface area contributed by atoms with Gasteiger partial charge in [0.15, 0.2) is 0 Å². The van der Waals surface area contributed by atoms with Gasteiger partial charge in [-0.1, -0.05) is 50.1 Å². The number of benzene rings is 3. The molecule has 0 aliphatic rings. The number of methoxy groups -OCH3 is 1. The van der Waals surface area contributed by atoms with Crippen LogP contribution in [0.5, 0.6) is 5.75 Å². The van der Waals surface area contributed by atoms with Crippen molar-refractivity contribution in [2.75, 3.05) is 7.11 Å². The van der Waals surface area contributed by atoms with Crippen LogP contribution in [0.3, 0.4) is 0 Å². The van der Waals surface area contributed by atoms with Crippen molar-refractivity contribution in [2.24, 2.45) is 0 Å². The average molecular weight is 519 g/mol. The number of carbonyl (C=O) groups is 1. The highest BCUT2D eigenvalue weighted by atomic mass is 79.9. The summed E-state index contributed by atoms with van der Waals surface area (Å²) in [4.78, 5) is 14.5. The molecule has 0 unspecified atom stereocenters. The fourth-order valence-electron chi connectivity index (χ4n) is 3.33. The van der Waals surface area contributed by atoms with Gasteiger partial charge in [-0.3, -0.25) is 10.0 Å². The molecule has 0 radical (unpaired) electrons. The molecule has 3 aromatic carbocycles. The van der Waals surface area contributed by atoms with E-state index in [1.54, 1.807) is 32.0 Å². The quantitative estimate of drug-likeness (QED) is 0.357. The first-order valence-electron chi connectivity index (χ1n) is 9.64. The zero-order chi connectivity index (χ0) is 23.5. The summed E-state index contributed by atoms with van der Waals surface area (Å²) in [6.45, 7) is 3.61. The molecule has 32 heavy (non-hydrogen) atoms. The predicted molar refractivity (Wildman–Crippen MR) is 124 cm³/mol. The Hall–Kier alpha value is -2.72. The molecule has 0 aliphatic carbocycles. The first-order chi connectivity index (χ1) is 15.1. The summed E-state index contributed by atoms with van der Waals surface area (Å²) in [6, 6.07) is 17.0. The highest BCUT2D eigenvalue weighted by Crippen LogP contribution is 2.25. The van der Waals surface area contributed by atoms with Crippen LogP contribution in [-0.4, -0.2) is 31.8 Å². The summed E-state index contributed by atoms with van der Waals surface area (Å²) >= 11 is 3.38. The molecule has 3 rings (SSSR count). The van der Waals surface area contributed by atoms with Gasteiger partial charge in [-0.2, -0.15) is 0 Å². The second-order valence-electron chi connectivity index (χ2n) is 7.36. The van der Waals surface area contributed by atoms with E-state index in [-0.39, 0.29) is 15.6 Å². The summed E-state index contributed by atoms with van der Waals surface area (Å²) in [7, 11) is -2.79. The number of carbonyl (C=O) groups excluding carboxylic acids is 1. The second kappa shape index (κ2) is 9.83. The van der Waals surface area contributed by atoms with Gasteiger partial charge in [0.1, 0.15) is 5.75 Å². The maximum Gasteiger partial charge on any atom is 0.293 e. The lowest BCUT2D eigenvalue weighted by atomic mass is 10.0. The summed E-state index contributed by atoms with van der Waals surface area (Å²) in [6.07, 6.45) is 0.303. The Labute approximate surface area is 195 Å². The van der Waals surface area contributed by atoms with Crippen molar-refractivity contribution in [1.29, 1.82) is 0 Å². The molecule has 0 bridgehead atoms. The molecule has 7 nitrogen and oxygen atoms in total. The SMILES string of the molecule is COc1ccc(S(=O)(=O)NN(O)C(=O)c2cc(C)cc(C)c2)c(Cc2ccc(Br)cc2)c1. The number of hydrazine groups is 1. The number of nitrogens with one attached hydrogen (secondary N) is 1. The maximum atomic E-state index is 13.1. The Kier molecular flexibility index (Phi) is 7.35. The topological polar surface area (TPSA) is 95.9 Å². The van der Waals surface area contributed by atoms with E-state index in [9.17, 15) is 18.4 Å². The van der Waals surface area contributed by atoms with Crippen molar-refractivity contribution in [2.45, 2.75) is 25.2 Å². The Balaban J connectivity index is 1.91. The van der Waals surface area contributed by atoms with Crippen molar-refractivity contribution in [3.63, 3.8) is 0 Å². The number of hydrogen-bond acceptors (Lipinski definition) is 5. The van der Waals surface area contributed by atoms with Crippen LogP contribution in [0.1, 0.15) is 32.6 Å². The number of ether oxygens (including phenoxy) is 1. The van der Waals surface area contributed by atoms with Gasteiger partial charge in [0, 0.05) is 10.0 Å². The molecule has 0 aromatic heterocycles. The molecule has 2 N–H and O–H groups in total. The largest absolute Gasteiger partial charge is 0.497 e. The maximum absolute atomic E-state index is 13.1. The Morgan fingerprint density at radius 1 is 1.03 bits per heavy atom. The summed E-state index contributed by atoms with van der Waals surface area (Å²) in [5.41, 5.74) is 3.13. The van der Waals surface area contributed by atoms with E-state index in [0.717, 1.165) is 21.2 Å². The van der Waals surface area contributed by atoms with Crippen molar-refractivity contribution in [3.8, 4) is 5.75 Å². The van der Waals surface area contributed by atoms with Gasteiger partial charge in [-0.05, 0) is 73.9 Å². The van der Waals surface area contributed by atoms with Crippen molar-refractivity contribution in [1.82, 2.24) is 10.0 Å². The van der Waals surface area contributed by atoms with Crippen molar-refractivity contribution in [3.05, 3.63) is 93.0 Å². The zero-order valence-electron chi connectivity index (χ0n) is 17.8. The molecule has 0 atom stereocenters. The van der Waals surface area contributed by atoms with Gasteiger partial charge in [0.25, 0.3) is 15.9 Å². The van der Waals surface area contributed by atoms with Crippen LogP contribution in [0.25, 0.3) is 0 Å². The van der Waals surface area contributed by atoms with Crippen LogP contribution in [0.2, 0.25) is 0 Å². The minimum Gasteiger partial charge on any atom is -0.497 e. The molecule has 1 amide bonds. The zero-order valence-corrected chi connectivity index (χ0v) is 20.2. The van der Waals surface area contributed by atoms with E-state index in [0.29, 0.717) is 17.7 Å². The second-order valence-corrected chi connectivity index (χ2v) is 9.91. The van der Waals surface area contributed by atoms with Gasteiger partial charge in [0.2, 0.25) is 0 Å². The minimum absolute atomic E-state index is 0.00279. The monoisotopic (exact) mass is 518 g/mol. The molecule has 0 saturated carbocycles. The first-order valence-corrected chi connectivity index (χ1v) is 11.9. The third-order valence-corrected chi connectivity index (χ3v) is 6.65. The molecule has 3 aromatic rings. The lowest BCUT2D eigenvalue weighted by Crippen LogP contribution is -2.44. The highest BCUT2D eigenvalue weighted by molar-refractivity contribution is 9.10. The Morgan fingerprint density at radius 2 is 1.66 bits per heavy atom. The average Bonchev–Trinajstić information content (AvgIpc) is 2.73. The van der Waals surface area contributed by atoms with Crippen molar-refractivity contribution >= 4 is 31.9 Å². The molecule has 168 valence electrons. The van der Waals surface area contributed by atoms with Gasteiger partial charge in [-0.25, -0.2) is 8.42 Å². The third-order valence-electron chi connectivity index (χ3n) is 4.73. The van der Waals surface area contributed by atoms with E-state index < -0.39 is 15.9 Å². The molecule has 9 heteroatoms. The minimum atomic E-state index is -4.28. The fraction of sp³-hybridized carbons (Fsp3) is 0.174. The molecule has 0 spiro atoms. The van der Waals surface area contributed by atoms with Crippen LogP contribution in [0.15, 0.2) is 70.0 Å². The number of hydrogen-bond donors (Lipinski definition) is 2. The lowest BCUT2D eigenvalue weighted by molar-refractivity contribution is -0.0761. The van der Waals surface area contributed by atoms with Crippen LogP contribution in [0, 0.1) is 13.8 Å². The van der Waals surface area contributed by atoms with Gasteiger partial charge < -0.3 is 4.74 Å². The van der Waals surface area contributed by atoms with Crippen LogP contribution in [-0.2, 0) is 16.4 Å². The van der Waals surface area contributed by atoms with Gasteiger partial charge in [-0.15, -0.1) is 5.17 Å². The van der Waals surface area contributed by atoms with Gasteiger partial charge in [0.05, 0.1) is 12.0 Å². The lowest BCUT2D eigenvalue weighted by Gasteiger charge is -2.18. The number of halogens is 1. The number of amides is 1. The van der Waals surface area contributed by atoms with Crippen LogP contribution in [0.4, 0.5) is 0 Å². The fourth-order valence-corrected chi connectivity index (χ4v) is 4.73. The molecule has 0 saturated heterocycles. The number of nitrogens with zero attached hydrogens (tertiary/aromatic N) is 1. The number of hydroxylamine groups is 1. The third kappa shape index (κ3) is 5.74. The van der Waals surface area contributed by atoms with E-state index in [1.807, 2.05) is 35.2 Å². The Bertz CT molecular complexity index is 1220. The highest BCUT2D eigenvalue weighted by Gasteiger charge is 2.25. The number of aryl methyl sites for hydroxylation is 2. The molecule has 0 heterocycles. The van der Waals surface area contributed by atoms with E-state index >= 15 is 0 Å². The predicted octanol–water partition coefficient (Wildman–Crippen LogP) is 4.39. The van der Waals surface area contributed by atoms with Crippen LogP contribution >= 0.6 is 15.9 Å². The van der Waals surface area contributed by atoms with E-state index in [4.69, 9.17) is 4.74 Å². The smallest absolute Gasteiger partial charge is 0.293 e. The van der Waals surface area contributed by atoms with Gasteiger partial charge >= 0.3 is 0 Å². The molecular formula is C23H23BrN2O5S. The van der Waals surface area contributed by atoms with Crippen LogP contribution < -0.4 is 9.57 Å². The standard InChI is InChI=1S/C23H23BrN2O5S/c1-15-10-16(2)12-19(11-15)23(27)26(28)25-32(29,30)22-9-8-21(31-3)14-18(22)13-17-4-6-20(24)7-5-17/h4-12,14,25,28H,13H2,1-3H3. The molecule has 0 fully saturated rings. The van der Waals surface area contributed by atoms with Crippen molar-refractivity contribution < 1.29 is 23.2 Å². The van der Waals surface area contributed by atoms with E-state index in [2.05, 4.69) is 15.9 Å². The number of sulfonamides is 1. The molecule has 0 aliphatic heterocycles. The number of rotatable bonds is 7. The van der Waals surface area contributed by atoms with E-state index in [1.165, 1.54) is 19.2 Å². The first kappa shape index (κ1) is 23.9. The summed E-state index contributed by atoms with van der Waals surface area (Å²) in [5.74, 6) is -0.397. The molecular weight excluding hydrogens is 496 g/mol. The Morgan fingerprint density at radius 3 is 2.25 bits per heavy atom. The summed E-state index contributed by atoms with van der Waals surface area (Å²) in [5, 5.41) is 10.2. The normalized spacial score (nSPS) is 11.3. The summed E-state index contributed by atoms with van der Waals surface area (Å²) < 4.78 is 32.3.